The van der Waals surface area contributed by atoms with Crippen LogP contribution >= 0.6 is 11.3 Å². The number of nitrogens with zero attached hydrogens (tertiary/aromatic N) is 4. The summed E-state index contributed by atoms with van der Waals surface area (Å²) in [6.45, 7) is 2.23. The Balaban J connectivity index is 0.918. The molecule has 346 valence electrons. The fourth-order valence-electron chi connectivity index (χ4n) is 10.6. The van der Waals surface area contributed by atoms with E-state index in [4.69, 9.17) is 4.98 Å². The molecule has 0 unspecified atom stereocenters. The number of allylic oxidation sites excluding steroid dienone is 11. The van der Waals surface area contributed by atoms with E-state index >= 15 is 0 Å². The number of aliphatic imine (C=N–C) groups is 1. The Labute approximate surface area is 438 Å². The second-order valence-corrected chi connectivity index (χ2v) is 19.7. The van der Waals surface area contributed by atoms with Crippen molar-refractivity contribution in [3.63, 3.8) is 0 Å². The number of hydrogen-bond acceptors (Lipinski definition) is 5. The molecule has 5 heteroatoms. The lowest BCUT2D eigenvalue weighted by atomic mass is 9.93. The number of anilines is 3. The van der Waals surface area contributed by atoms with Crippen LogP contribution in [0, 0.1) is 6.92 Å². The van der Waals surface area contributed by atoms with Gasteiger partial charge in [-0.05, 0) is 149 Å². The van der Waals surface area contributed by atoms with Crippen molar-refractivity contribution in [2.45, 2.75) is 6.92 Å². The van der Waals surface area contributed by atoms with E-state index < -0.39 is 0 Å². The van der Waals surface area contributed by atoms with Crippen LogP contribution in [-0.2, 0) is 0 Å². The molecule has 6 aromatic carbocycles. The van der Waals surface area contributed by atoms with Gasteiger partial charge in [0.15, 0.2) is 0 Å². The topological polar surface area (TPSA) is 31.7 Å². The molecule has 3 aliphatic heterocycles. The summed E-state index contributed by atoms with van der Waals surface area (Å²) in [5.74, 6) is 0. The molecule has 0 saturated carbocycles. The van der Waals surface area contributed by atoms with Crippen molar-refractivity contribution in [3.05, 3.63) is 315 Å². The molecular formula is C70H40N4S. The molecule has 75 heavy (non-hydrogen) atoms. The Morgan fingerprint density at radius 3 is 2.16 bits per heavy atom. The van der Waals surface area contributed by atoms with Crippen LogP contribution in [0.25, 0.3) is 65.0 Å². The molecule has 6 bridgehead atoms. The Morgan fingerprint density at radius 1 is 0.533 bits per heavy atom. The maximum atomic E-state index is 4.75. The van der Waals surface area contributed by atoms with Gasteiger partial charge in [0.1, 0.15) is 5.70 Å². The third-order valence-electron chi connectivity index (χ3n) is 14.1. The highest BCUT2D eigenvalue weighted by Crippen LogP contribution is 2.46. The van der Waals surface area contributed by atoms with Crippen LogP contribution in [0.3, 0.4) is 0 Å². The maximum absolute atomic E-state index is 4.75. The molecule has 0 radical (unpaired) electrons. The van der Waals surface area contributed by atoms with Gasteiger partial charge in [0.25, 0.3) is 0 Å². The molecule has 5 heterocycles. The van der Waals surface area contributed by atoms with Crippen molar-refractivity contribution in [2.75, 3.05) is 9.80 Å². The average Bonchev–Trinajstić information content (AvgIpc) is 3.57. The first kappa shape index (κ1) is 43.6. The summed E-state index contributed by atoms with van der Waals surface area (Å²) in [7, 11) is 0. The molecule has 14 rings (SSSR count). The predicted molar refractivity (Wildman–Crippen MR) is 311 cm³/mol. The fourth-order valence-corrected chi connectivity index (χ4v) is 11.7. The van der Waals surface area contributed by atoms with Gasteiger partial charge in [-0.3, -0.25) is 9.88 Å². The molecule has 8 aromatic rings. The number of para-hydroxylation sites is 1. The van der Waals surface area contributed by atoms with Crippen molar-refractivity contribution in [2.24, 2.45) is 4.99 Å². The van der Waals surface area contributed by atoms with Gasteiger partial charge in [0.05, 0.1) is 28.5 Å². The third kappa shape index (κ3) is 7.80. The minimum absolute atomic E-state index is 0.738. The zero-order valence-electron chi connectivity index (χ0n) is 40.6. The summed E-state index contributed by atoms with van der Waals surface area (Å²) in [5, 5.41) is 2.41. The minimum atomic E-state index is 0.738. The van der Waals surface area contributed by atoms with Crippen LogP contribution in [0.15, 0.2) is 292 Å². The number of thiophene rings is 1. The summed E-state index contributed by atoms with van der Waals surface area (Å²) in [6.07, 6.45) is 26.5. The van der Waals surface area contributed by atoms with E-state index in [0.717, 1.165) is 112 Å². The lowest BCUT2D eigenvalue weighted by Crippen LogP contribution is -2.19. The van der Waals surface area contributed by atoms with Gasteiger partial charge in [0, 0.05) is 95.1 Å². The van der Waals surface area contributed by atoms with E-state index in [1.54, 1.807) is 12.3 Å². The number of pyridine rings is 1. The van der Waals surface area contributed by atoms with E-state index in [1.807, 2.05) is 54.0 Å². The van der Waals surface area contributed by atoms with Crippen LogP contribution < -0.4 is 9.80 Å². The highest BCUT2D eigenvalue weighted by molar-refractivity contribution is 7.26. The van der Waals surface area contributed by atoms with Crippen LogP contribution in [-0.4, -0.2) is 11.2 Å². The van der Waals surface area contributed by atoms with Gasteiger partial charge in [-0.1, -0.05) is 120 Å². The van der Waals surface area contributed by atoms with E-state index in [0.29, 0.717) is 0 Å². The average molecular weight is 969 g/mol. The lowest BCUT2D eigenvalue weighted by Gasteiger charge is -2.30. The van der Waals surface area contributed by atoms with E-state index in [2.05, 4.69) is 232 Å². The van der Waals surface area contributed by atoms with Gasteiger partial charge in [0.2, 0.25) is 0 Å². The Hall–Kier alpha value is -10.2. The number of aromatic nitrogens is 1. The van der Waals surface area contributed by atoms with Gasteiger partial charge >= 0.3 is 0 Å². The minimum Gasteiger partial charge on any atom is -0.303 e. The van der Waals surface area contributed by atoms with Crippen molar-refractivity contribution >= 4 is 77.2 Å². The first-order chi connectivity index (χ1) is 37.1. The van der Waals surface area contributed by atoms with E-state index in [-0.39, 0.29) is 0 Å². The quantitative estimate of drug-likeness (QED) is 0.149. The summed E-state index contributed by atoms with van der Waals surface area (Å²) >= 11 is 1.84. The Kier molecular flexibility index (Phi) is 10.5. The molecule has 0 spiro atoms. The van der Waals surface area contributed by atoms with Gasteiger partial charge in [-0.25, -0.2) is 4.99 Å². The Morgan fingerprint density at radius 2 is 1.31 bits per heavy atom. The molecular weight excluding hydrogens is 929 g/mol. The molecule has 6 aliphatic rings. The maximum Gasteiger partial charge on any atom is 0.121 e. The van der Waals surface area contributed by atoms with Crippen molar-refractivity contribution in [3.8, 4) is 22.4 Å². The standard InChI is InChI=1S/C70H40N4S/c1-46-38-58(45-65-64-44-50(31-35-69(64)75-70(46)65)49-30-34-68-63(43-49)51-16-4-2-7-19-55(41-51)74(68)54-17-5-3-6-18-54)73-56-32-28-47(59-20-8-10-22-61(59)66-24-12-14-36-71-66)26-27-48(40-56)53-39-52(29-33-57(73)42-53)60-21-9-11-23-62(60)67-25-13-15-37-72-67/h2-6,8-12,14-24,27-39,43-45H,1H3/b16-4-,32-28-. The molecule has 4 nitrogen and oxygen atoms in total. The zero-order chi connectivity index (χ0) is 49.8. The van der Waals surface area contributed by atoms with Gasteiger partial charge < -0.3 is 4.90 Å². The van der Waals surface area contributed by atoms with Crippen molar-refractivity contribution in [1.29, 1.82) is 0 Å². The summed E-state index contributed by atoms with van der Waals surface area (Å²) in [5.41, 5.74) is 45.8. The van der Waals surface area contributed by atoms with Crippen molar-refractivity contribution in [1.82, 2.24) is 4.98 Å². The van der Waals surface area contributed by atoms with E-state index in [9.17, 15) is 0 Å². The highest BCUT2D eigenvalue weighted by Gasteiger charge is 2.26. The molecule has 0 amide bonds. The molecule has 0 fully saturated rings. The molecule has 2 aromatic heterocycles. The first-order valence-corrected chi connectivity index (χ1v) is 25.7. The van der Waals surface area contributed by atoms with E-state index in [1.165, 1.54) is 25.7 Å². The van der Waals surface area contributed by atoms with Crippen LogP contribution in [0.5, 0.6) is 0 Å². The highest BCUT2D eigenvalue weighted by atomic mass is 32.1. The fraction of sp³-hybridized carbons (Fsp3) is 0.0143. The summed E-state index contributed by atoms with van der Waals surface area (Å²) < 4.78 is 2.50. The predicted octanol–water partition coefficient (Wildman–Crippen LogP) is 17.2. The lowest BCUT2D eigenvalue weighted by molar-refractivity contribution is 1.15. The number of hydrogen-bond donors (Lipinski definition) is 0. The van der Waals surface area contributed by atoms with Crippen LogP contribution in [0.4, 0.5) is 17.1 Å². The number of fused-ring (bicyclic) bond motifs is 6. The normalized spacial score (nSPS) is 16.4. The smallest absolute Gasteiger partial charge is 0.121 e. The number of rotatable bonds is 7. The van der Waals surface area contributed by atoms with Crippen LogP contribution in [0.2, 0.25) is 0 Å². The second-order valence-electron chi connectivity index (χ2n) is 18.6. The molecule has 0 atom stereocenters. The molecule has 3 aliphatic carbocycles. The number of benzene rings is 6. The molecule has 0 saturated heterocycles. The number of aryl methyl sites for hydroxylation is 1. The molecule has 0 N–H and O–H groups in total. The first-order valence-electron chi connectivity index (χ1n) is 24.9. The summed E-state index contributed by atoms with van der Waals surface area (Å²) in [4.78, 5) is 14.0. The monoisotopic (exact) mass is 968 g/mol. The van der Waals surface area contributed by atoms with Gasteiger partial charge in [-0.2, -0.15) is 0 Å². The summed E-state index contributed by atoms with van der Waals surface area (Å²) in [6, 6.07) is 51.7. The zero-order valence-corrected chi connectivity index (χ0v) is 41.4. The SMILES string of the molecule is Cc1cc(N2C3=C=C(C=C(c4ccccc4C4=C=C=CC=N4)C=C3)C3=C=C2/C=C\C(c2ccccc2-c2ccccn2)=C=C3)cc2c1sc1ccc(-c3ccc4c(c3)C3=C=C(C=C=C/C=C\3)N4c3ccccc3)cc12. The van der Waals surface area contributed by atoms with Crippen LogP contribution in [0.1, 0.15) is 27.8 Å². The van der Waals surface area contributed by atoms with Gasteiger partial charge in [-0.15, -0.1) is 22.8 Å². The second kappa shape index (κ2) is 18.1. The van der Waals surface area contributed by atoms with Crippen molar-refractivity contribution < 1.29 is 0 Å². The Bertz CT molecular complexity index is 4510. The largest absolute Gasteiger partial charge is 0.303 e. The third-order valence-corrected chi connectivity index (χ3v) is 15.4.